The van der Waals surface area contributed by atoms with Crippen LogP contribution < -0.4 is 15.5 Å². The molecule has 8 atom stereocenters. The van der Waals surface area contributed by atoms with Crippen LogP contribution in [-0.4, -0.2) is 62.2 Å². The van der Waals surface area contributed by atoms with E-state index < -0.39 is 77.1 Å². The number of imide groups is 1. The average molecular weight is 949 g/mol. The predicted molar refractivity (Wildman–Crippen MR) is 267 cm³/mol. The Balaban J connectivity index is 1.23. The van der Waals surface area contributed by atoms with Crippen molar-refractivity contribution in [1.82, 2.24) is 15.5 Å². The van der Waals surface area contributed by atoms with E-state index in [4.69, 9.17) is 4.74 Å². The average Bonchev–Trinajstić information content (AvgIpc) is 3.74. The third-order valence-corrected chi connectivity index (χ3v) is 14.8. The summed E-state index contributed by atoms with van der Waals surface area (Å²) >= 11 is 0. The number of carbonyl (C=O) groups is 4. The zero-order valence-electron chi connectivity index (χ0n) is 39.4. The number of phenolic OH excluding ortho intramolecular Hbond substituents is 1. The Labute approximate surface area is 413 Å². The van der Waals surface area contributed by atoms with E-state index in [0.717, 1.165) is 41.7 Å². The van der Waals surface area contributed by atoms with Gasteiger partial charge in [-0.3, -0.25) is 19.3 Å². The van der Waals surface area contributed by atoms with E-state index in [1.165, 1.54) is 12.1 Å². The van der Waals surface area contributed by atoms with Crippen molar-refractivity contribution in [3.63, 3.8) is 0 Å². The van der Waals surface area contributed by atoms with Gasteiger partial charge >= 0.3 is 12.0 Å². The lowest BCUT2D eigenvalue weighted by Gasteiger charge is -2.46. The normalized spacial score (nSPS) is 24.3. The summed E-state index contributed by atoms with van der Waals surface area (Å²) in [6.07, 6.45) is 2.53. The van der Waals surface area contributed by atoms with Crippen LogP contribution in [-0.2, 0) is 24.5 Å². The number of ether oxygens (including phenoxy) is 1. The van der Waals surface area contributed by atoms with Crippen molar-refractivity contribution in [3.05, 3.63) is 203 Å². The maximum atomic E-state index is 16.7. The van der Waals surface area contributed by atoms with E-state index in [1.807, 2.05) is 109 Å². The van der Waals surface area contributed by atoms with Crippen LogP contribution in [0.2, 0.25) is 0 Å². The molecule has 0 radical (unpaired) electrons. The zero-order chi connectivity index (χ0) is 49.3. The fourth-order valence-corrected chi connectivity index (χ4v) is 11.4. The highest BCUT2D eigenvalue weighted by molar-refractivity contribution is 6.24. The second kappa shape index (κ2) is 19.7. The molecule has 0 unspecified atom stereocenters. The third kappa shape index (κ3) is 8.75. The molecule has 360 valence electrons. The van der Waals surface area contributed by atoms with Gasteiger partial charge in [-0.2, -0.15) is 0 Å². The fraction of sp³-hybridized carbons (Fsp3) is 0.288. The smallest absolute Gasteiger partial charge is 0.329 e. The Morgan fingerprint density at radius 1 is 0.732 bits per heavy atom. The van der Waals surface area contributed by atoms with Crippen molar-refractivity contribution in [2.45, 2.75) is 92.8 Å². The molecule has 1 spiro atoms. The minimum absolute atomic E-state index is 0.0515. The monoisotopic (exact) mass is 948 g/mol. The van der Waals surface area contributed by atoms with Crippen molar-refractivity contribution < 1.29 is 39.2 Å². The number of phenols is 1. The van der Waals surface area contributed by atoms with Gasteiger partial charge in [0.25, 0.3) is 0 Å². The van der Waals surface area contributed by atoms with Gasteiger partial charge in [0, 0.05) is 12.1 Å². The summed E-state index contributed by atoms with van der Waals surface area (Å²) in [6.45, 7) is 1.54. The standard InChI is InChI=1S/C59H56N4O8/c1-38(40-18-8-4-9-19-40)61-57(69)62-47-31-26-39(32-35-58(70)33-16-2-3-17-34-58)36-46(47)59(56(62)68)49(54(66)60-37-48(65)41-20-10-5-11-21-41)51-55(67)71-52(43-24-14-7-15-25-43)50(42-22-12-6-13-23-42)63(51)53(59)44-27-29-45(64)30-28-44/h4-15,18-31,36,38,48-53,64-65,70H,2-3,16-17,33-34,37H2,1H3,(H,60,66)(H,61,69)/t38-,48+,49+,50+,51+,52-,53-,59+/m1/s1. The molecular weight excluding hydrogens is 893 g/mol. The van der Waals surface area contributed by atoms with Gasteiger partial charge in [0.2, 0.25) is 11.8 Å². The maximum Gasteiger partial charge on any atom is 0.329 e. The first-order valence-corrected chi connectivity index (χ1v) is 24.5. The number of hydrogen-bond donors (Lipinski definition) is 5. The number of nitrogens with zero attached hydrogens (tertiary/aromatic N) is 2. The van der Waals surface area contributed by atoms with Crippen molar-refractivity contribution in [3.8, 4) is 17.6 Å². The van der Waals surface area contributed by atoms with Crippen LogP contribution in [0.25, 0.3) is 0 Å². The summed E-state index contributed by atoms with van der Waals surface area (Å²) in [5, 5.41) is 40.1. The van der Waals surface area contributed by atoms with Crippen LogP contribution in [0, 0.1) is 17.8 Å². The summed E-state index contributed by atoms with van der Waals surface area (Å²) in [4.78, 5) is 66.0. The van der Waals surface area contributed by atoms with Gasteiger partial charge in [0.15, 0.2) is 0 Å². The molecule has 0 aromatic heterocycles. The SMILES string of the molecule is C[C@@H](NC(=O)N1C(=O)[C@@]2(c3cc(C#CC4(O)CCCCCC4)ccc31)[C@H](C(=O)NC[C@H](O)c1ccccc1)[C@H]1C(=O)O[C@H](c3ccccc3)[C@H](c3ccccc3)N1[C@@H]2c1ccc(O)cc1)c1ccccc1. The van der Waals surface area contributed by atoms with E-state index >= 15 is 19.2 Å². The van der Waals surface area contributed by atoms with Crippen LogP contribution in [0.1, 0.15) is 115 Å². The molecule has 6 aromatic rings. The van der Waals surface area contributed by atoms with E-state index in [0.29, 0.717) is 35.1 Å². The Bertz CT molecular complexity index is 2970. The molecule has 6 aromatic carbocycles. The molecule has 12 heteroatoms. The molecule has 4 aliphatic rings. The number of cyclic esters (lactones) is 1. The molecule has 5 N–H and O–H groups in total. The topological polar surface area (TPSA) is 169 Å². The van der Waals surface area contributed by atoms with E-state index in [9.17, 15) is 15.3 Å². The largest absolute Gasteiger partial charge is 0.508 e. The van der Waals surface area contributed by atoms with Crippen molar-refractivity contribution in [2.75, 3.05) is 11.4 Å². The highest BCUT2D eigenvalue weighted by atomic mass is 16.6. The molecule has 1 aliphatic carbocycles. The van der Waals surface area contributed by atoms with Gasteiger partial charge in [-0.05, 0) is 96.3 Å². The number of morpholine rings is 1. The van der Waals surface area contributed by atoms with Gasteiger partial charge in [0.1, 0.15) is 28.9 Å². The summed E-state index contributed by atoms with van der Waals surface area (Å²) in [6, 6.07) is 43.6. The number of anilines is 1. The molecule has 0 bridgehead atoms. The lowest BCUT2D eigenvalue weighted by Crippen LogP contribution is -2.56. The van der Waals surface area contributed by atoms with Crippen LogP contribution in [0.4, 0.5) is 10.5 Å². The lowest BCUT2D eigenvalue weighted by atomic mass is 9.65. The highest BCUT2D eigenvalue weighted by Gasteiger charge is 2.75. The molecule has 3 heterocycles. The maximum absolute atomic E-state index is 16.7. The van der Waals surface area contributed by atoms with Crippen molar-refractivity contribution >= 4 is 29.5 Å². The first kappa shape index (κ1) is 47.1. The molecule has 4 amide bonds. The zero-order valence-corrected chi connectivity index (χ0v) is 39.4. The Kier molecular flexibility index (Phi) is 13.1. The number of aliphatic hydroxyl groups excluding tert-OH is 1. The molecule has 1 saturated carbocycles. The molecule has 71 heavy (non-hydrogen) atoms. The number of esters is 1. The van der Waals surface area contributed by atoms with Crippen LogP contribution in [0.5, 0.6) is 5.75 Å². The first-order chi connectivity index (χ1) is 34.5. The number of benzene rings is 6. The number of urea groups is 1. The number of nitrogens with one attached hydrogen (secondary N) is 2. The van der Waals surface area contributed by atoms with Gasteiger partial charge in [-0.25, -0.2) is 9.69 Å². The second-order valence-corrected chi connectivity index (χ2v) is 19.2. The molecule has 3 fully saturated rings. The van der Waals surface area contributed by atoms with Gasteiger partial charge < -0.3 is 30.7 Å². The minimum Gasteiger partial charge on any atom is -0.508 e. The van der Waals surface area contributed by atoms with Gasteiger partial charge in [-0.15, -0.1) is 0 Å². The quantitative estimate of drug-likeness (QED) is 0.0541. The van der Waals surface area contributed by atoms with E-state index in [2.05, 4.69) is 22.5 Å². The number of carbonyl (C=O) groups excluding carboxylic acids is 4. The Morgan fingerprint density at radius 3 is 1.96 bits per heavy atom. The van der Waals surface area contributed by atoms with E-state index in [1.54, 1.807) is 54.6 Å². The number of hydrogen-bond acceptors (Lipinski definition) is 9. The number of aromatic hydroxyl groups is 1. The van der Waals surface area contributed by atoms with E-state index in [-0.39, 0.29) is 23.5 Å². The molecule has 2 saturated heterocycles. The van der Waals surface area contributed by atoms with Crippen molar-refractivity contribution in [1.29, 1.82) is 0 Å². The number of aliphatic hydroxyl groups is 2. The molecular formula is C59H56N4O8. The van der Waals surface area contributed by atoms with Gasteiger partial charge in [-0.1, -0.05) is 158 Å². The Hall–Kier alpha value is -7.56. The molecule has 12 nitrogen and oxygen atoms in total. The van der Waals surface area contributed by atoms with Crippen LogP contribution in [0.15, 0.2) is 164 Å². The number of amides is 4. The third-order valence-electron chi connectivity index (χ3n) is 14.8. The summed E-state index contributed by atoms with van der Waals surface area (Å²) < 4.78 is 6.58. The van der Waals surface area contributed by atoms with Crippen molar-refractivity contribution in [2.24, 2.45) is 5.92 Å². The summed E-state index contributed by atoms with van der Waals surface area (Å²) in [7, 11) is 0. The summed E-state index contributed by atoms with van der Waals surface area (Å²) in [5.41, 5.74) is 0.731. The minimum atomic E-state index is -2.10. The second-order valence-electron chi connectivity index (χ2n) is 19.2. The number of rotatable bonds is 9. The van der Waals surface area contributed by atoms with Crippen LogP contribution >= 0.6 is 0 Å². The molecule has 10 rings (SSSR count). The van der Waals surface area contributed by atoms with Crippen LogP contribution in [0.3, 0.4) is 0 Å². The first-order valence-electron chi connectivity index (χ1n) is 24.5. The predicted octanol–water partition coefficient (Wildman–Crippen LogP) is 8.82. The Morgan fingerprint density at radius 2 is 1.32 bits per heavy atom. The highest BCUT2D eigenvalue weighted by Crippen LogP contribution is 2.66. The summed E-state index contributed by atoms with van der Waals surface area (Å²) in [5.74, 6) is 2.46. The fourth-order valence-electron chi connectivity index (χ4n) is 11.4. The van der Waals surface area contributed by atoms with Gasteiger partial charge in [0.05, 0.1) is 35.8 Å². The number of fused-ring (bicyclic) bond motifs is 3. The lowest BCUT2D eigenvalue weighted by molar-refractivity contribution is -0.178. The molecule has 3 aliphatic heterocycles.